The molecule has 0 heterocycles. The number of carboxylic acids is 2. The molecule has 34 heavy (non-hydrogen) atoms. The van der Waals surface area contributed by atoms with Crippen LogP contribution in [0.3, 0.4) is 0 Å². The van der Waals surface area contributed by atoms with Crippen molar-refractivity contribution in [1.29, 1.82) is 0 Å². The fraction of sp³-hybridized carbons (Fsp3) is 0.667. The van der Waals surface area contributed by atoms with Crippen molar-refractivity contribution in [1.82, 2.24) is 0 Å². The molecule has 0 aromatic rings. The highest BCUT2D eigenvalue weighted by Crippen LogP contribution is 2.70. The Hall–Kier alpha value is -2.10. The summed E-state index contributed by atoms with van der Waals surface area (Å²) in [4.78, 5) is 22.6. The number of hydrogen-bond acceptors (Lipinski definition) is 2. The molecule has 0 aromatic carbocycles. The summed E-state index contributed by atoms with van der Waals surface area (Å²) >= 11 is 0. The van der Waals surface area contributed by atoms with Gasteiger partial charge in [0.05, 0.1) is 0 Å². The number of rotatable bonds is 8. The van der Waals surface area contributed by atoms with Gasteiger partial charge in [-0.1, -0.05) is 61.8 Å². The van der Waals surface area contributed by atoms with Gasteiger partial charge in [0.2, 0.25) is 0 Å². The van der Waals surface area contributed by atoms with Crippen molar-refractivity contribution in [2.45, 2.75) is 99.3 Å². The quantitative estimate of drug-likeness (QED) is 0.282. The van der Waals surface area contributed by atoms with Gasteiger partial charge >= 0.3 is 11.9 Å². The lowest BCUT2D eigenvalue weighted by Crippen LogP contribution is -2.50. The van der Waals surface area contributed by atoms with Crippen LogP contribution in [0.15, 0.2) is 46.6 Å². The third kappa shape index (κ3) is 4.33. The van der Waals surface area contributed by atoms with Gasteiger partial charge in [0.1, 0.15) is 0 Å². The molecule has 0 amide bonds. The van der Waals surface area contributed by atoms with Crippen LogP contribution in [-0.2, 0) is 9.59 Å². The highest BCUT2D eigenvalue weighted by molar-refractivity contribution is 5.85. The lowest BCUT2D eigenvalue weighted by molar-refractivity contribution is -0.138. The van der Waals surface area contributed by atoms with Crippen LogP contribution in [0.2, 0.25) is 0 Å². The first-order valence-electron chi connectivity index (χ1n) is 12.9. The third-order valence-electron chi connectivity index (χ3n) is 10.1. The van der Waals surface area contributed by atoms with Gasteiger partial charge in [0.25, 0.3) is 0 Å². The lowest BCUT2D eigenvalue weighted by atomic mass is 9.45. The van der Waals surface area contributed by atoms with E-state index in [0.717, 1.165) is 44.9 Å². The fourth-order valence-electron chi connectivity index (χ4n) is 7.86. The molecule has 0 aromatic heterocycles. The van der Waals surface area contributed by atoms with Crippen LogP contribution in [-0.4, -0.2) is 22.2 Å². The third-order valence-corrected chi connectivity index (χ3v) is 10.1. The van der Waals surface area contributed by atoms with Crippen LogP contribution in [0.4, 0.5) is 0 Å². The summed E-state index contributed by atoms with van der Waals surface area (Å²) < 4.78 is 0. The molecule has 2 N–H and O–H groups in total. The second-order valence-electron chi connectivity index (χ2n) is 11.9. The maximum Gasteiger partial charge on any atom is 0.330 e. The van der Waals surface area contributed by atoms with Gasteiger partial charge in [-0.25, -0.2) is 4.79 Å². The Morgan fingerprint density at radius 2 is 1.79 bits per heavy atom. The largest absolute Gasteiger partial charge is 0.481 e. The topological polar surface area (TPSA) is 74.6 Å². The minimum Gasteiger partial charge on any atom is -0.481 e. The van der Waals surface area contributed by atoms with Gasteiger partial charge in [-0.15, -0.1) is 0 Å². The molecule has 4 heteroatoms. The Bertz CT molecular complexity index is 966. The van der Waals surface area contributed by atoms with E-state index in [1.54, 1.807) is 12.5 Å². The molecular formula is C30H44O4. The van der Waals surface area contributed by atoms with E-state index in [9.17, 15) is 14.7 Å². The average Bonchev–Trinajstić information content (AvgIpc) is 3.03. The Kier molecular flexibility index (Phi) is 7.41. The zero-order valence-corrected chi connectivity index (χ0v) is 22.1. The van der Waals surface area contributed by atoms with E-state index in [-0.39, 0.29) is 22.7 Å². The number of carboxylic acid groups (broad SMARTS) is 2. The Morgan fingerprint density at radius 1 is 1.12 bits per heavy atom. The summed E-state index contributed by atoms with van der Waals surface area (Å²) in [6.45, 7) is 17.5. The number of allylic oxidation sites excluding steroid dienone is 6. The summed E-state index contributed by atoms with van der Waals surface area (Å²) in [7, 11) is 0. The van der Waals surface area contributed by atoms with Crippen molar-refractivity contribution in [3.8, 4) is 0 Å². The van der Waals surface area contributed by atoms with Crippen LogP contribution in [0.25, 0.3) is 0 Å². The van der Waals surface area contributed by atoms with Crippen molar-refractivity contribution < 1.29 is 19.8 Å². The van der Waals surface area contributed by atoms with E-state index < -0.39 is 11.9 Å². The van der Waals surface area contributed by atoms with Crippen molar-refractivity contribution in [2.24, 2.45) is 28.1 Å². The molecule has 2 saturated carbocycles. The highest BCUT2D eigenvalue weighted by atomic mass is 16.4. The maximum atomic E-state index is 11.5. The van der Waals surface area contributed by atoms with Gasteiger partial charge in [-0.2, -0.15) is 0 Å². The fourth-order valence-corrected chi connectivity index (χ4v) is 7.86. The molecule has 2 fully saturated rings. The molecule has 0 saturated heterocycles. The molecule has 0 unspecified atom stereocenters. The van der Waals surface area contributed by atoms with Crippen LogP contribution >= 0.6 is 0 Å². The predicted molar refractivity (Wildman–Crippen MR) is 137 cm³/mol. The molecule has 0 aliphatic heterocycles. The molecule has 0 spiro atoms. The normalized spacial score (nSPS) is 36.9. The van der Waals surface area contributed by atoms with Crippen LogP contribution < -0.4 is 0 Å². The van der Waals surface area contributed by atoms with E-state index in [4.69, 9.17) is 5.11 Å². The number of fused-ring (bicyclic) bond motifs is 3. The van der Waals surface area contributed by atoms with Gasteiger partial charge in [0, 0.05) is 12.0 Å². The first kappa shape index (κ1) is 26.5. The van der Waals surface area contributed by atoms with Crippen LogP contribution in [0, 0.1) is 28.1 Å². The van der Waals surface area contributed by atoms with Crippen molar-refractivity contribution >= 4 is 11.9 Å². The smallest absolute Gasteiger partial charge is 0.330 e. The number of carbonyl (C=O) groups is 2. The average molecular weight is 469 g/mol. The minimum absolute atomic E-state index is 0.0978. The predicted octanol–water partition coefficient (Wildman–Crippen LogP) is 7.72. The summed E-state index contributed by atoms with van der Waals surface area (Å²) in [6.07, 6.45) is 12.4. The van der Waals surface area contributed by atoms with Gasteiger partial charge in [-0.3, -0.25) is 4.79 Å². The maximum absolute atomic E-state index is 11.5. The summed E-state index contributed by atoms with van der Waals surface area (Å²) in [5.74, 6) is -0.748. The van der Waals surface area contributed by atoms with E-state index in [2.05, 4.69) is 47.3 Å². The van der Waals surface area contributed by atoms with Crippen molar-refractivity contribution in [2.75, 3.05) is 0 Å². The Morgan fingerprint density at radius 3 is 2.38 bits per heavy atom. The second-order valence-corrected chi connectivity index (χ2v) is 11.9. The highest BCUT2D eigenvalue weighted by Gasteiger charge is 2.61. The second kappa shape index (κ2) is 9.51. The summed E-state index contributed by atoms with van der Waals surface area (Å²) in [5.41, 5.74) is 6.19. The standard InChI is InChI=1S/C30H44O4/c1-19(2)22-11-12-25-24(28(22,5)16-15-26(31)32)14-18-29(6)23(13-17-30(25,29)7)20(3)9-8-10-21(4)27(33)34/h10,14,22,25H,1,8-9,11-13,15-18H2,2-7H3,(H,31,32)(H,33,34)/b21-10+,23-20-/t22-,25+,28-,29+,30-/m0/s1. The minimum atomic E-state index is -0.841. The first-order chi connectivity index (χ1) is 15.8. The summed E-state index contributed by atoms with van der Waals surface area (Å²) in [5, 5.41) is 18.6. The van der Waals surface area contributed by atoms with Crippen molar-refractivity contribution in [3.05, 3.63) is 46.6 Å². The van der Waals surface area contributed by atoms with Gasteiger partial charge < -0.3 is 10.2 Å². The molecule has 0 radical (unpaired) electrons. The number of aliphatic carboxylic acids is 2. The van der Waals surface area contributed by atoms with Gasteiger partial charge in [-0.05, 0) is 100 Å². The molecule has 3 rings (SSSR count). The Labute approximate surface area is 205 Å². The molecule has 4 nitrogen and oxygen atoms in total. The van der Waals surface area contributed by atoms with Crippen molar-refractivity contribution in [3.63, 3.8) is 0 Å². The van der Waals surface area contributed by atoms with Gasteiger partial charge in [0.15, 0.2) is 0 Å². The molecule has 0 bridgehead atoms. The SMILES string of the molecule is C=C(C)[C@@H]1CC[C@@H]2C(=CC[C@]3(C)/C(=C(/C)CC/C=C(\C)C(=O)O)CC[C@@]23C)[C@@]1(C)CCC(=O)O. The molecule has 3 aliphatic carbocycles. The molecular weight excluding hydrogens is 424 g/mol. The molecule has 188 valence electrons. The zero-order valence-electron chi connectivity index (χ0n) is 22.1. The van der Waals surface area contributed by atoms with E-state index in [0.29, 0.717) is 23.8 Å². The van der Waals surface area contributed by atoms with E-state index >= 15 is 0 Å². The zero-order chi connectivity index (χ0) is 25.5. The van der Waals surface area contributed by atoms with Crippen LogP contribution in [0.5, 0.6) is 0 Å². The van der Waals surface area contributed by atoms with Crippen LogP contribution in [0.1, 0.15) is 99.3 Å². The number of hydrogen-bond donors (Lipinski definition) is 2. The van der Waals surface area contributed by atoms with E-state index in [1.165, 1.54) is 16.7 Å². The molecule has 3 aliphatic rings. The Balaban J connectivity index is 1.96. The van der Waals surface area contributed by atoms with E-state index in [1.807, 2.05) is 6.08 Å². The first-order valence-corrected chi connectivity index (χ1v) is 12.9. The summed E-state index contributed by atoms with van der Waals surface area (Å²) in [6, 6.07) is 0. The molecule has 5 atom stereocenters. The monoisotopic (exact) mass is 468 g/mol. The lowest BCUT2D eigenvalue weighted by Gasteiger charge is -2.59.